The first kappa shape index (κ1) is 21.6. The van der Waals surface area contributed by atoms with E-state index < -0.39 is 0 Å². The monoisotopic (exact) mass is 470 g/mol. The molecule has 4 nitrogen and oxygen atoms in total. The molecule has 9 rings (SSSR count). The Morgan fingerprint density at radius 1 is 0.606 bits per heavy atom. The Bertz CT molecular complexity index is 703. The van der Waals surface area contributed by atoms with Gasteiger partial charge in [0.25, 0.3) is 0 Å². The standard InChI is InChI=1S/C28H42N2O2S/c1-33-24-16-29(25(31)27-10-18-4-19(11-27)6-20(5-18)12-27)2-3-30(17-24)26(32)28-13-21-7-22(14-28)9-23(8-21)15-28/h18-24H,2-17H2,1H3. The van der Waals surface area contributed by atoms with Gasteiger partial charge in [0.2, 0.25) is 11.8 Å². The third kappa shape index (κ3) is 3.44. The van der Waals surface area contributed by atoms with Crippen molar-refractivity contribution in [1.29, 1.82) is 0 Å². The fraction of sp³-hybridized carbons (Fsp3) is 0.929. The van der Waals surface area contributed by atoms with Gasteiger partial charge in [-0.25, -0.2) is 0 Å². The minimum Gasteiger partial charge on any atom is -0.339 e. The second-order valence-corrected chi connectivity index (χ2v) is 14.9. The number of carbonyl (C=O) groups excluding carboxylic acids is 2. The van der Waals surface area contributed by atoms with Crippen molar-refractivity contribution in [2.45, 2.75) is 82.3 Å². The largest absolute Gasteiger partial charge is 0.339 e. The van der Waals surface area contributed by atoms with Crippen molar-refractivity contribution >= 4 is 23.6 Å². The average Bonchev–Trinajstić information content (AvgIpc) is 2.99. The molecule has 2 amide bonds. The normalized spacial score (nSPS) is 50.0. The number of amides is 2. The van der Waals surface area contributed by atoms with Crippen LogP contribution in [0.5, 0.6) is 0 Å². The maximum absolute atomic E-state index is 14.1. The van der Waals surface area contributed by atoms with Gasteiger partial charge in [-0.1, -0.05) is 0 Å². The van der Waals surface area contributed by atoms with Crippen molar-refractivity contribution < 1.29 is 9.59 Å². The topological polar surface area (TPSA) is 40.6 Å². The van der Waals surface area contributed by atoms with E-state index in [2.05, 4.69) is 16.1 Å². The molecule has 8 saturated carbocycles. The van der Waals surface area contributed by atoms with E-state index >= 15 is 0 Å². The van der Waals surface area contributed by atoms with Crippen molar-refractivity contribution in [1.82, 2.24) is 9.80 Å². The predicted molar refractivity (Wildman–Crippen MR) is 132 cm³/mol. The molecule has 33 heavy (non-hydrogen) atoms. The minimum absolute atomic E-state index is 0.0587. The molecule has 0 N–H and O–H groups in total. The molecule has 1 saturated heterocycles. The number of rotatable bonds is 3. The lowest BCUT2D eigenvalue weighted by atomic mass is 9.49. The molecule has 8 bridgehead atoms. The second-order valence-electron chi connectivity index (χ2n) is 13.8. The van der Waals surface area contributed by atoms with Crippen LogP contribution in [0.4, 0.5) is 0 Å². The highest BCUT2D eigenvalue weighted by Gasteiger charge is 2.57. The maximum atomic E-state index is 14.1. The molecule has 0 aromatic heterocycles. The average molecular weight is 471 g/mol. The van der Waals surface area contributed by atoms with E-state index in [0.29, 0.717) is 17.1 Å². The summed E-state index contributed by atoms with van der Waals surface area (Å²) in [5.41, 5.74) is -0.117. The Balaban J connectivity index is 1.09. The number of hydrogen-bond acceptors (Lipinski definition) is 3. The summed E-state index contributed by atoms with van der Waals surface area (Å²) in [4.78, 5) is 32.6. The Morgan fingerprint density at radius 2 is 0.909 bits per heavy atom. The van der Waals surface area contributed by atoms with Crippen LogP contribution in [-0.2, 0) is 9.59 Å². The zero-order valence-electron chi connectivity index (χ0n) is 20.5. The van der Waals surface area contributed by atoms with Crippen molar-refractivity contribution in [2.24, 2.45) is 46.3 Å². The predicted octanol–water partition coefficient (Wildman–Crippen LogP) is 4.82. The third-order valence-electron chi connectivity index (χ3n) is 11.4. The van der Waals surface area contributed by atoms with Crippen LogP contribution in [0.15, 0.2) is 0 Å². The fourth-order valence-electron chi connectivity index (χ4n) is 10.9. The first-order chi connectivity index (χ1) is 15.9. The van der Waals surface area contributed by atoms with Gasteiger partial charge in [0.05, 0.1) is 10.8 Å². The Morgan fingerprint density at radius 3 is 1.18 bits per heavy atom. The molecule has 0 unspecified atom stereocenters. The van der Waals surface area contributed by atoms with E-state index in [1.54, 1.807) is 0 Å². The molecule has 5 heteroatoms. The van der Waals surface area contributed by atoms with Crippen LogP contribution in [0.1, 0.15) is 77.0 Å². The fourth-order valence-corrected chi connectivity index (χ4v) is 11.6. The summed E-state index contributed by atoms with van der Waals surface area (Å²) in [5, 5.41) is 0.350. The van der Waals surface area contributed by atoms with Crippen LogP contribution in [0.2, 0.25) is 0 Å². The molecule has 9 aliphatic rings. The van der Waals surface area contributed by atoms with Crippen LogP contribution in [0, 0.1) is 46.3 Å². The molecule has 0 radical (unpaired) electrons. The van der Waals surface area contributed by atoms with E-state index in [0.717, 1.165) is 100 Å². The van der Waals surface area contributed by atoms with Gasteiger partial charge in [0.1, 0.15) is 0 Å². The highest BCUT2D eigenvalue weighted by atomic mass is 32.2. The highest BCUT2D eigenvalue weighted by molar-refractivity contribution is 7.99. The lowest BCUT2D eigenvalue weighted by Gasteiger charge is -2.56. The van der Waals surface area contributed by atoms with Crippen LogP contribution < -0.4 is 0 Å². The zero-order valence-corrected chi connectivity index (χ0v) is 21.3. The third-order valence-corrected chi connectivity index (χ3v) is 12.3. The van der Waals surface area contributed by atoms with Gasteiger partial charge >= 0.3 is 0 Å². The molecule has 182 valence electrons. The smallest absolute Gasteiger partial charge is 0.228 e. The van der Waals surface area contributed by atoms with Crippen LogP contribution in [0.3, 0.4) is 0 Å². The lowest BCUT2D eigenvalue weighted by molar-refractivity contribution is -0.159. The first-order valence-corrected chi connectivity index (χ1v) is 15.3. The van der Waals surface area contributed by atoms with Gasteiger partial charge in [-0.3, -0.25) is 9.59 Å². The molecule has 0 aromatic carbocycles. The molecular formula is C28H42N2O2S. The van der Waals surface area contributed by atoms with Gasteiger partial charge in [-0.05, 0) is 119 Å². The Labute approximate surface area is 204 Å². The Kier molecular flexibility index (Phi) is 4.99. The molecule has 1 heterocycles. The van der Waals surface area contributed by atoms with Crippen LogP contribution >= 0.6 is 11.8 Å². The van der Waals surface area contributed by atoms with E-state index in [1.165, 1.54) is 38.5 Å². The lowest BCUT2D eigenvalue weighted by Crippen LogP contribution is -2.56. The summed E-state index contributed by atoms with van der Waals surface area (Å²) in [7, 11) is 0. The molecular weight excluding hydrogens is 428 g/mol. The summed E-state index contributed by atoms with van der Waals surface area (Å²) in [6.45, 7) is 3.20. The van der Waals surface area contributed by atoms with Crippen molar-refractivity contribution in [3.8, 4) is 0 Å². The number of carbonyl (C=O) groups is 2. The highest BCUT2D eigenvalue weighted by Crippen LogP contribution is 2.62. The summed E-state index contributed by atoms with van der Waals surface area (Å²) in [5.74, 6) is 5.75. The molecule has 0 atom stereocenters. The van der Waals surface area contributed by atoms with Crippen LogP contribution in [0.25, 0.3) is 0 Å². The summed E-state index contributed by atoms with van der Waals surface area (Å²) >= 11 is 1.87. The quantitative estimate of drug-likeness (QED) is 0.594. The van der Waals surface area contributed by atoms with Crippen LogP contribution in [-0.4, -0.2) is 59.3 Å². The van der Waals surface area contributed by atoms with E-state index in [9.17, 15) is 9.59 Å². The van der Waals surface area contributed by atoms with E-state index in [4.69, 9.17) is 0 Å². The summed E-state index contributed by atoms with van der Waals surface area (Å²) < 4.78 is 0. The van der Waals surface area contributed by atoms with Gasteiger partial charge in [0.15, 0.2) is 0 Å². The minimum atomic E-state index is -0.0587. The summed E-state index contributed by atoms with van der Waals surface area (Å²) in [6, 6.07) is 0. The first-order valence-electron chi connectivity index (χ1n) is 14.1. The number of nitrogens with zero attached hydrogens (tertiary/aromatic N) is 2. The van der Waals surface area contributed by atoms with Crippen molar-refractivity contribution in [2.75, 3.05) is 32.4 Å². The van der Waals surface area contributed by atoms with E-state index in [1.807, 2.05) is 11.8 Å². The van der Waals surface area contributed by atoms with Gasteiger partial charge in [-0.2, -0.15) is 11.8 Å². The molecule has 8 aliphatic carbocycles. The SMILES string of the molecule is CSC1CN(C(=O)C23CC4CC(CC(C4)C2)C3)CCN(C(=O)C23CC4CC(CC(C4)C2)C3)C1. The number of hydrogen-bond donors (Lipinski definition) is 0. The second kappa shape index (κ2) is 7.64. The summed E-state index contributed by atoms with van der Waals surface area (Å²) in [6.07, 6.45) is 17.4. The van der Waals surface area contributed by atoms with Gasteiger partial charge in [0, 0.05) is 31.4 Å². The number of thioether (sulfide) groups is 1. The van der Waals surface area contributed by atoms with Gasteiger partial charge in [-0.15, -0.1) is 0 Å². The Hall–Kier alpha value is -0.710. The molecule has 0 spiro atoms. The van der Waals surface area contributed by atoms with E-state index in [-0.39, 0.29) is 10.8 Å². The zero-order chi connectivity index (χ0) is 22.4. The molecule has 1 aliphatic heterocycles. The van der Waals surface area contributed by atoms with Gasteiger partial charge < -0.3 is 9.80 Å². The van der Waals surface area contributed by atoms with Crippen molar-refractivity contribution in [3.63, 3.8) is 0 Å². The van der Waals surface area contributed by atoms with Crippen molar-refractivity contribution in [3.05, 3.63) is 0 Å². The maximum Gasteiger partial charge on any atom is 0.228 e. The molecule has 0 aromatic rings. The molecule has 9 fully saturated rings.